The van der Waals surface area contributed by atoms with Crippen molar-refractivity contribution in [1.82, 2.24) is 5.32 Å². The van der Waals surface area contributed by atoms with Crippen LogP contribution >= 0.6 is 0 Å². The number of rotatable bonds is 10. The van der Waals surface area contributed by atoms with Crippen LogP contribution in [0.2, 0.25) is 0 Å². The minimum Gasteiger partial charge on any atom is -0.379 e. The first-order valence-electron chi connectivity index (χ1n) is 7.67. The monoisotopic (exact) mass is 279 g/mol. The van der Waals surface area contributed by atoms with Gasteiger partial charge in [0.05, 0.1) is 25.4 Å². The minimum atomic E-state index is 0.130. The third-order valence-corrected chi connectivity index (χ3v) is 3.31. The zero-order valence-electron chi connectivity index (χ0n) is 13.3. The van der Waals surface area contributed by atoms with E-state index in [0.717, 1.165) is 19.6 Å². The van der Waals surface area contributed by atoms with Crippen molar-refractivity contribution in [3.05, 3.63) is 35.4 Å². The number of benzene rings is 1. The molecule has 0 aromatic heterocycles. The molecule has 0 aliphatic carbocycles. The zero-order valence-corrected chi connectivity index (χ0v) is 13.3. The van der Waals surface area contributed by atoms with Crippen molar-refractivity contribution in [2.75, 3.05) is 26.4 Å². The van der Waals surface area contributed by atoms with Gasteiger partial charge in [0, 0.05) is 6.61 Å². The SMILES string of the molecule is CCCNC(COC(C)COCC)c1ccccc1C. The van der Waals surface area contributed by atoms with Crippen LogP contribution in [-0.2, 0) is 9.47 Å². The summed E-state index contributed by atoms with van der Waals surface area (Å²) in [4.78, 5) is 0. The van der Waals surface area contributed by atoms with Crippen molar-refractivity contribution in [3.63, 3.8) is 0 Å². The summed E-state index contributed by atoms with van der Waals surface area (Å²) >= 11 is 0. The summed E-state index contributed by atoms with van der Waals surface area (Å²) in [5.74, 6) is 0. The first-order valence-corrected chi connectivity index (χ1v) is 7.67. The highest BCUT2D eigenvalue weighted by Crippen LogP contribution is 2.18. The van der Waals surface area contributed by atoms with Crippen molar-refractivity contribution in [1.29, 1.82) is 0 Å². The molecule has 2 unspecified atom stereocenters. The summed E-state index contributed by atoms with van der Waals surface area (Å²) in [7, 11) is 0. The Bertz CT molecular complexity index is 368. The largest absolute Gasteiger partial charge is 0.379 e. The van der Waals surface area contributed by atoms with Gasteiger partial charge in [-0.15, -0.1) is 0 Å². The first-order chi connectivity index (χ1) is 9.69. The maximum Gasteiger partial charge on any atom is 0.0781 e. The average Bonchev–Trinajstić information content (AvgIpc) is 2.46. The molecule has 1 rings (SSSR count). The molecule has 20 heavy (non-hydrogen) atoms. The highest BCUT2D eigenvalue weighted by atomic mass is 16.5. The van der Waals surface area contributed by atoms with E-state index in [-0.39, 0.29) is 12.1 Å². The third-order valence-electron chi connectivity index (χ3n) is 3.31. The lowest BCUT2D eigenvalue weighted by Gasteiger charge is -2.23. The summed E-state index contributed by atoms with van der Waals surface area (Å²) in [5, 5.41) is 3.57. The Kier molecular flexibility index (Phi) is 8.51. The van der Waals surface area contributed by atoms with E-state index in [0.29, 0.717) is 13.2 Å². The summed E-state index contributed by atoms with van der Waals surface area (Å²) in [5.41, 5.74) is 2.63. The van der Waals surface area contributed by atoms with Crippen LogP contribution in [0.4, 0.5) is 0 Å². The number of ether oxygens (including phenoxy) is 2. The smallest absolute Gasteiger partial charge is 0.0781 e. The standard InChI is InChI=1S/C17H29NO2/c1-5-11-18-17(13-20-15(4)12-19-6-2)16-10-8-7-9-14(16)3/h7-10,15,17-18H,5-6,11-13H2,1-4H3. The Morgan fingerprint density at radius 3 is 2.55 bits per heavy atom. The molecule has 1 aromatic rings. The van der Waals surface area contributed by atoms with Gasteiger partial charge < -0.3 is 14.8 Å². The molecule has 1 N–H and O–H groups in total. The average molecular weight is 279 g/mol. The molecule has 0 saturated carbocycles. The second kappa shape index (κ2) is 9.92. The van der Waals surface area contributed by atoms with E-state index in [1.165, 1.54) is 11.1 Å². The lowest BCUT2D eigenvalue weighted by atomic mass is 10.0. The maximum atomic E-state index is 5.93. The zero-order chi connectivity index (χ0) is 14.8. The Balaban J connectivity index is 2.58. The van der Waals surface area contributed by atoms with Crippen molar-refractivity contribution in [2.45, 2.75) is 46.3 Å². The molecule has 3 heteroatoms. The molecule has 1 aromatic carbocycles. The Hall–Kier alpha value is -0.900. The van der Waals surface area contributed by atoms with Gasteiger partial charge in [0.15, 0.2) is 0 Å². The highest BCUT2D eigenvalue weighted by Gasteiger charge is 2.14. The summed E-state index contributed by atoms with van der Waals surface area (Å²) < 4.78 is 11.3. The normalized spacial score (nSPS) is 14.2. The summed E-state index contributed by atoms with van der Waals surface area (Å²) in [6.45, 7) is 11.5. The minimum absolute atomic E-state index is 0.130. The van der Waals surface area contributed by atoms with Crippen LogP contribution in [0.25, 0.3) is 0 Å². The Labute approximate surface area is 123 Å². The molecule has 114 valence electrons. The van der Waals surface area contributed by atoms with E-state index in [2.05, 4.69) is 50.4 Å². The molecular formula is C17H29NO2. The van der Waals surface area contributed by atoms with Gasteiger partial charge in [-0.05, 0) is 44.9 Å². The molecular weight excluding hydrogens is 250 g/mol. The lowest BCUT2D eigenvalue weighted by Crippen LogP contribution is -2.29. The van der Waals surface area contributed by atoms with Gasteiger partial charge in [-0.3, -0.25) is 0 Å². The van der Waals surface area contributed by atoms with Gasteiger partial charge in [-0.25, -0.2) is 0 Å². The Morgan fingerprint density at radius 1 is 1.15 bits per heavy atom. The highest BCUT2D eigenvalue weighted by molar-refractivity contribution is 5.28. The molecule has 0 aliphatic heterocycles. The van der Waals surface area contributed by atoms with Gasteiger partial charge >= 0.3 is 0 Å². The molecule has 2 atom stereocenters. The number of nitrogens with one attached hydrogen (secondary N) is 1. The molecule has 3 nitrogen and oxygen atoms in total. The predicted molar refractivity (Wildman–Crippen MR) is 84.1 cm³/mol. The van der Waals surface area contributed by atoms with Crippen LogP contribution in [0.5, 0.6) is 0 Å². The molecule has 0 spiro atoms. The fraction of sp³-hybridized carbons (Fsp3) is 0.647. The first kappa shape index (κ1) is 17.2. The maximum absolute atomic E-state index is 5.93. The molecule has 0 amide bonds. The molecule has 0 heterocycles. The topological polar surface area (TPSA) is 30.5 Å². The quantitative estimate of drug-likeness (QED) is 0.711. The van der Waals surface area contributed by atoms with E-state index in [4.69, 9.17) is 9.47 Å². The van der Waals surface area contributed by atoms with Gasteiger partial charge in [0.2, 0.25) is 0 Å². The van der Waals surface area contributed by atoms with E-state index >= 15 is 0 Å². The second-order valence-electron chi connectivity index (χ2n) is 5.17. The lowest BCUT2D eigenvalue weighted by molar-refractivity contribution is -0.0117. The summed E-state index contributed by atoms with van der Waals surface area (Å²) in [6, 6.07) is 8.75. The van der Waals surface area contributed by atoms with Crippen molar-refractivity contribution in [3.8, 4) is 0 Å². The van der Waals surface area contributed by atoms with Crippen LogP contribution in [-0.4, -0.2) is 32.5 Å². The van der Waals surface area contributed by atoms with Crippen LogP contribution in [0.15, 0.2) is 24.3 Å². The van der Waals surface area contributed by atoms with Gasteiger partial charge in [0.25, 0.3) is 0 Å². The fourth-order valence-corrected chi connectivity index (χ4v) is 2.15. The van der Waals surface area contributed by atoms with Gasteiger partial charge in [-0.1, -0.05) is 31.2 Å². The fourth-order valence-electron chi connectivity index (χ4n) is 2.15. The molecule has 0 fully saturated rings. The number of aryl methyl sites for hydroxylation is 1. The van der Waals surface area contributed by atoms with E-state index < -0.39 is 0 Å². The molecule has 0 aliphatic rings. The van der Waals surface area contributed by atoms with Crippen molar-refractivity contribution < 1.29 is 9.47 Å². The third kappa shape index (κ3) is 6.04. The van der Waals surface area contributed by atoms with Crippen LogP contribution in [0.3, 0.4) is 0 Å². The summed E-state index contributed by atoms with van der Waals surface area (Å²) in [6.07, 6.45) is 1.25. The van der Waals surface area contributed by atoms with Gasteiger partial charge in [-0.2, -0.15) is 0 Å². The number of hydrogen-bond donors (Lipinski definition) is 1. The van der Waals surface area contributed by atoms with Crippen LogP contribution < -0.4 is 5.32 Å². The predicted octanol–water partition coefficient (Wildman–Crippen LogP) is 3.48. The van der Waals surface area contributed by atoms with Crippen LogP contribution in [0.1, 0.15) is 44.4 Å². The van der Waals surface area contributed by atoms with E-state index in [1.807, 2.05) is 6.92 Å². The second-order valence-corrected chi connectivity index (χ2v) is 5.17. The molecule has 0 bridgehead atoms. The molecule has 0 saturated heterocycles. The van der Waals surface area contributed by atoms with Crippen molar-refractivity contribution >= 4 is 0 Å². The van der Waals surface area contributed by atoms with Crippen molar-refractivity contribution in [2.24, 2.45) is 0 Å². The number of hydrogen-bond acceptors (Lipinski definition) is 3. The molecule has 0 radical (unpaired) electrons. The van der Waals surface area contributed by atoms with E-state index in [1.54, 1.807) is 0 Å². The van der Waals surface area contributed by atoms with E-state index in [9.17, 15) is 0 Å². The van der Waals surface area contributed by atoms with Crippen LogP contribution in [0, 0.1) is 6.92 Å². The van der Waals surface area contributed by atoms with Gasteiger partial charge in [0.1, 0.15) is 0 Å². The Morgan fingerprint density at radius 2 is 1.90 bits per heavy atom.